The standard InChI is InChI=1S/C22H25N5O5S/c1-15-14-26(8-10-30-15)22-16-12-19(32-18(16)6-7-23-22)17-13-24-20-4-5-21(25-27(17)20)31-9-3-11-33(2,28)29/h4-7,12-13,15H,3,8-11,14H2,1-2H3. The first-order valence-corrected chi connectivity index (χ1v) is 12.8. The van der Waals surface area contributed by atoms with Gasteiger partial charge < -0.3 is 18.8 Å². The molecule has 0 aromatic carbocycles. The number of morpholine rings is 1. The first-order valence-electron chi connectivity index (χ1n) is 10.8. The number of anilines is 1. The number of imidazole rings is 1. The third-order valence-electron chi connectivity index (χ3n) is 5.46. The molecule has 5 heterocycles. The number of pyridine rings is 1. The Bertz CT molecular complexity index is 1400. The molecule has 0 bridgehead atoms. The van der Waals surface area contributed by atoms with Gasteiger partial charge in [-0.15, -0.1) is 5.10 Å². The number of nitrogens with zero attached hydrogens (tertiary/aromatic N) is 5. The minimum atomic E-state index is -3.02. The number of furan rings is 1. The predicted molar refractivity (Wildman–Crippen MR) is 123 cm³/mol. The summed E-state index contributed by atoms with van der Waals surface area (Å²) in [6.07, 6.45) is 5.20. The van der Waals surface area contributed by atoms with E-state index in [0.717, 1.165) is 29.9 Å². The zero-order chi connectivity index (χ0) is 23.0. The number of rotatable bonds is 7. The quantitative estimate of drug-likeness (QED) is 0.375. The summed E-state index contributed by atoms with van der Waals surface area (Å²) in [7, 11) is -3.02. The largest absolute Gasteiger partial charge is 0.477 e. The molecule has 174 valence electrons. The zero-order valence-corrected chi connectivity index (χ0v) is 19.3. The maximum atomic E-state index is 11.3. The second-order valence-corrected chi connectivity index (χ2v) is 10.5. The van der Waals surface area contributed by atoms with Gasteiger partial charge in [0, 0.05) is 31.6 Å². The van der Waals surface area contributed by atoms with Crippen LogP contribution in [0.5, 0.6) is 5.88 Å². The SMILES string of the molecule is CC1CN(c2nccc3oc(-c4cnc5ccc(OCCCS(C)(=O)=O)nn45)cc23)CCO1. The van der Waals surface area contributed by atoms with Crippen molar-refractivity contribution < 1.29 is 22.3 Å². The van der Waals surface area contributed by atoms with E-state index in [0.29, 0.717) is 36.0 Å². The van der Waals surface area contributed by atoms with E-state index >= 15 is 0 Å². The molecule has 4 aromatic heterocycles. The lowest BCUT2D eigenvalue weighted by Gasteiger charge is -2.32. The fourth-order valence-electron chi connectivity index (χ4n) is 3.94. The molecule has 1 aliphatic heterocycles. The fourth-order valence-corrected chi connectivity index (χ4v) is 4.58. The van der Waals surface area contributed by atoms with E-state index in [4.69, 9.17) is 13.9 Å². The topological polar surface area (TPSA) is 112 Å². The van der Waals surface area contributed by atoms with E-state index in [1.807, 2.05) is 12.1 Å². The lowest BCUT2D eigenvalue weighted by atomic mass is 10.2. The van der Waals surface area contributed by atoms with Gasteiger partial charge in [0.05, 0.1) is 36.7 Å². The lowest BCUT2D eigenvalue weighted by molar-refractivity contribution is 0.0530. The summed E-state index contributed by atoms with van der Waals surface area (Å²) in [5.41, 5.74) is 2.07. The number of hydrogen-bond acceptors (Lipinski definition) is 9. The van der Waals surface area contributed by atoms with E-state index in [1.54, 1.807) is 29.0 Å². The molecule has 0 radical (unpaired) electrons. The minimum absolute atomic E-state index is 0.0723. The second kappa shape index (κ2) is 8.64. The second-order valence-electron chi connectivity index (χ2n) is 8.20. The molecule has 1 aliphatic rings. The highest BCUT2D eigenvalue weighted by atomic mass is 32.2. The summed E-state index contributed by atoms with van der Waals surface area (Å²) < 4.78 is 41.7. The maximum Gasteiger partial charge on any atom is 0.231 e. The van der Waals surface area contributed by atoms with Crippen LogP contribution in [-0.4, -0.2) is 72.4 Å². The average molecular weight is 472 g/mol. The van der Waals surface area contributed by atoms with Crippen molar-refractivity contribution in [1.29, 1.82) is 0 Å². The molecule has 0 spiro atoms. The van der Waals surface area contributed by atoms with Crippen LogP contribution < -0.4 is 9.64 Å². The van der Waals surface area contributed by atoms with E-state index in [2.05, 4.69) is 26.9 Å². The molecule has 1 fully saturated rings. The molecule has 0 saturated carbocycles. The predicted octanol–water partition coefficient (Wildman–Crippen LogP) is 2.58. The average Bonchev–Trinajstić information content (AvgIpc) is 3.39. The molecule has 10 nitrogen and oxygen atoms in total. The Labute approximate surface area is 191 Å². The van der Waals surface area contributed by atoms with Gasteiger partial charge >= 0.3 is 0 Å². The van der Waals surface area contributed by atoms with Crippen molar-refractivity contribution in [3.05, 3.63) is 36.7 Å². The Balaban J connectivity index is 1.44. The Morgan fingerprint density at radius 2 is 2.12 bits per heavy atom. The van der Waals surface area contributed by atoms with Gasteiger partial charge in [-0.3, -0.25) is 0 Å². The number of sulfone groups is 1. The van der Waals surface area contributed by atoms with Gasteiger partial charge in [0.1, 0.15) is 26.9 Å². The van der Waals surface area contributed by atoms with Crippen molar-refractivity contribution in [2.75, 3.05) is 43.2 Å². The van der Waals surface area contributed by atoms with Gasteiger partial charge in [-0.05, 0) is 31.5 Å². The van der Waals surface area contributed by atoms with Crippen LogP contribution in [0.1, 0.15) is 13.3 Å². The van der Waals surface area contributed by atoms with Gasteiger partial charge in [-0.1, -0.05) is 0 Å². The summed E-state index contributed by atoms with van der Waals surface area (Å²) >= 11 is 0. The third kappa shape index (κ3) is 4.64. The molecule has 11 heteroatoms. The van der Waals surface area contributed by atoms with Gasteiger partial charge in [-0.2, -0.15) is 0 Å². The van der Waals surface area contributed by atoms with Crippen LogP contribution in [-0.2, 0) is 14.6 Å². The van der Waals surface area contributed by atoms with Crippen LogP contribution in [0.4, 0.5) is 5.82 Å². The van der Waals surface area contributed by atoms with Crippen LogP contribution in [0.2, 0.25) is 0 Å². The van der Waals surface area contributed by atoms with E-state index in [1.165, 1.54) is 6.26 Å². The summed E-state index contributed by atoms with van der Waals surface area (Å²) in [6.45, 7) is 4.51. The Morgan fingerprint density at radius 1 is 1.24 bits per heavy atom. The van der Waals surface area contributed by atoms with Crippen LogP contribution in [0.25, 0.3) is 28.1 Å². The number of fused-ring (bicyclic) bond motifs is 2. The summed E-state index contributed by atoms with van der Waals surface area (Å²) in [5, 5.41) is 5.44. The van der Waals surface area contributed by atoms with Crippen LogP contribution in [0.3, 0.4) is 0 Å². The van der Waals surface area contributed by atoms with Crippen LogP contribution >= 0.6 is 0 Å². The first-order chi connectivity index (χ1) is 15.9. The van der Waals surface area contributed by atoms with E-state index < -0.39 is 9.84 Å². The van der Waals surface area contributed by atoms with Crippen LogP contribution in [0.15, 0.2) is 41.1 Å². The highest BCUT2D eigenvalue weighted by molar-refractivity contribution is 7.90. The van der Waals surface area contributed by atoms with Crippen LogP contribution in [0, 0.1) is 0 Å². The highest BCUT2D eigenvalue weighted by Gasteiger charge is 2.22. The minimum Gasteiger partial charge on any atom is -0.477 e. The third-order valence-corrected chi connectivity index (χ3v) is 6.50. The molecule has 1 atom stereocenters. The molecule has 5 rings (SSSR count). The molecular weight excluding hydrogens is 446 g/mol. The van der Waals surface area contributed by atoms with Crippen molar-refractivity contribution in [2.24, 2.45) is 0 Å². The molecule has 33 heavy (non-hydrogen) atoms. The Morgan fingerprint density at radius 3 is 2.94 bits per heavy atom. The smallest absolute Gasteiger partial charge is 0.231 e. The van der Waals surface area contributed by atoms with Crippen molar-refractivity contribution in [3.8, 4) is 17.3 Å². The van der Waals surface area contributed by atoms with Gasteiger partial charge in [0.25, 0.3) is 0 Å². The molecule has 1 saturated heterocycles. The van der Waals surface area contributed by atoms with Crippen molar-refractivity contribution >= 4 is 32.3 Å². The van der Waals surface area contributed by atoms with Gasteiger partial charge in [-0.25, -0.2) is 22.9 Å². The number of hydrogen-bond donors (Lipinski definition) is 0. The van der Waals surface area contributed by atoms with Gasteiger partial charge in [0.15, 0.2) is 11.4 Å². The highest BCUT2D eigenvalue weighted by Crippen LogP contribution is 2.33. The molecule has 4 aromatic rings. The monoisotopic (exact) mass is 471 g/mol. The maximum absolute atomic E-state index is 11.3. The number of aromatic nitrogens is 4. The summed E-state index contributed by atoms with van der Waals surface area (Å²) in [5.74, 6) is 1.95. The normalized spacial score (nSPS) is 17.2. The van der Waals surface area contributed by atoms with Crippen molar-refractivity contribution in [3.63, 3.8) is 0 Å². The number of ether oxygens (including phenoxy) is 2. The fraction of sp³-hybridized carbons (Fsp3) is 0.409. The lowest BCUT2D eigenvalue weighted by Crippen LogP contribution is -2.41. The Kier molecular flexibility index (Phi) is 5.67. The molecule has 0 amide bonds. The zero-order valence-electron chi connectivity index (χ0n) is 18.5. The Hall–Kier alpha value is -3.18. The van der Waals surface area contributed by atoms with Crippen molar-refractivity contribution in [2.45, 2.75) is 19.4 Å². The van der Waals surface area contributed by atoms with Crippen molar-refractivity contribution in [1.82, 2.24) is 19.6 Å². The molecule has 0 N–H and O–H groups in total. The van der Waals surface area contributed by atoms with E-state index in [-0.39, 0.29) is 18.5 Å². The first kappa shape index (κ1) is 21.7. The summed E-state index contributed by atoms with van der Waals surface area (Å²) in [4.78, 5) is 11.2. The molecular formula is C22H25N5O5S. The molecule has 0 aliphatic carbocycles. The van der Waals surface area contributed by atoms with Gasteiger partial charge in [0.2, 0.25) is 5.88 Å². The molecule has 1 unspecified atom stereocenters. The summed E-state index contributed by atoms with van der Waals surface area (Å²) in [6, 6.07) is 7.32. The van der Waals surface area contributed by atoms with E-state index in [9.17, 15) is 8.42 Å².